The minimum atomic E-state index is 0.712. The smallest absolute Gasteiger partial charge is 0.183 e. The SMILES string of the molecule is CC[N+]1(COCCOC)CCCC1. The number of methoxy groups -OCH3 is 1. The molecule has 3 nitrogen and oxygen atoms in total. The molecule has 0 spiro atoms. The minimum absolute atomic E-state index is 0.712. The molecule has 0 N–H and O–H groups in total. The molecule has 0 bridgehead atoms. The number of nitrogens with zero attached hydrogens (tertiary/aromatic N) is 1. The molecule has 1 aliphatic heterocycles. The molecule has 0 aromatic carbocycles. The second kappa shape index (κ2) is 5.58. The van der Waals surface area contributed by atoms with Gasteiger partial charge in [-0.05, 0) is 6.92 Å². The lowest BCUT2D eigenvalue weighted by Crippen LogP contribution is -2.46. The summed E-state index contributed by atoms with van der Waals surface area (Å²) in [6.45, 7) is 8.37. The van der Waals surface area contributed by atoms with E-state index in [9.17, 15) is 0 Å². The van der Waals surface area contributed by atoms with E-state index >= 15 is 0 Å². The molecule has 0 atom stereocenters. The van der Waals surface area contributed by atoms with Crippen LogP contribution in [-0.4, -0.2) is 51.2 Å². The first kappa shape index (κ1) is 11.0. The van der Waals surface area contributed by atoms with Gasteiger partial charge in [-0.2, -0.15) is 0 Å². The minimum Gasteiger partial charge on any atom is -0.382 e. The van der Waals surface area contributed by atoms with E-state index in [-0.39, 0.29) is 0 Å². The van der Waals surface area contributed by atoms with Crippen molar-refractivity contribution in [2.24, 2.45) is 0 Å². The summed E-state index contributed by atoms with van der Waals surface area (Å²) in [6.07, 6.45) is 2.73. The quantitative estimate of drug-likeness (QED) is 0.461. The standard InChI is InChI=1S/C10H22NO2/c1-3-11(6-4-5-7-11)10-13-9-8-12-2/h3-10H2,1-2H3/q+1. The summed E-state index contributed by atoms with van der Waals surface area (Å²) in [7, 11) is 1.71. The Balaban J connectivity index is 2.16. The summed E-state index contributed by atoms with van der Waals surface area (Å²) in [5.74, 6) is 0. The highest BCUT2D eigenvalue weighted by Crippen LogP contribution is 2.18. The van der Waals surface area contributed by atoms with Crippen molar-refractivity contribution in [1.29, 1.82) is 0 Å². The summed E-state index contributed by atoms with van der Waals surface area (Å²) >= 11 is 0. The average Bonchev–Trinajstić information content (AvgIpc) is 2.62. The molecule has 0 unspecified atom stereocenters. The summed E-state index contributed by atoms with van der Waals surface area (Å²) in [5.41, 5.74) is 0. The fourth-order valence-electron chi connectivity index (χ4n) is 1.94. The van der Waals surface area contributed by atoms with E-state index in [4.69, 9.17) is 9.47 Å². The first-order chi connectivity index (χ1) is 6.33. The Hall–Kier alpha value is -0.120. The van der Waals surface area contributed by atoms with Crippen LogP contribution in [0.3, 0.4) is 0 Å². The third-order valence-electron chi connectivity index (χ3n) is 2.98. The molecule has 0 aromatic rings. The lowest BCUT2D eigenvalue weighted by Gasteiger charge is -2.32. The number of ether oxygens (including phenoxy) is 2. The van der Waals surface area contributed by atoms with Crippen LogP contribution in [-0.2, 0) is 9.47 Å². The summed E-state index contributed by atoms with van der Waals surface area (Å²) in [5, 5.41) is 0. The van der Waals surface area contributed by atoms with Crippen molar-refractivity contribution in [2.75, 3.05) is 46.7 Å². The van der Waals surface area contributed by atoms with Crippen LogP contribution in [0.4, 0.5) is 0 Å². The predicted molar refractivity (Wildman–Crippen MR) is 52.5 cm³/mol. The first-order valence-corrected chi connectivity index (χ1v) is 5.25. The predicted octanol–water partition coefficient (Wildman–Crippen LogP) is 1.24. The molecule has 78 valence electrons. The summed E-state index contributed by atoms with van der Waals surface area (Å²) < 4.78 is 11.7. The van der Waals surface area contributed by atoms with Gasteiger partial charge in [-0.25, -0.2) is 0 Å². The third-order valence-corrected chi connectivity index (χ3v) is 2.98. The monoisotopic (exact) mass is 188 g/mol. The number of hydrogen-bond acceptors (Lipinski definition) is 2. The zero-order valence-electron chi connectivity index (χ0n) is 8.92. The van der Waals surface area contributed by atoms with Crippen LogP contribution in [0.25, 0.3) is 0 Å². The van der Waals surface area contributed by atoms with Crippen LogP contribution in [0.1, 0.15) is 19.8 Å². The first-order valence-electron chi connectivity index (χ1n) is 5.25. The van der Waals surface area contributed by atoms with Crippen molar-refractivity contribution in [3.8, 4) is 0 Å². The Morgan fingerprint density at radius 1 is 1.15 bits per heavy atom. The van der Waals surface area contributed by atoms with Gasteiger partial charge in [-0.3, -0.25) is 0 Å². The highest BCUT2D eigenvalue weighted by molar-refractivity contribution is 4.51. The van der Waals surface area contributed by atoms with E-state index in [1.165, 1.54) is 32.5 Å². The van der Waals surface area contributed by atoms with Crippen molar-refractivity contribution >= 4 is 0 Å². The fourth-order valence-corrected chi connectivity index (χ4v) is 1.94. The Morgan fingerprint density at radius 3 is 2.38 bits per heavy atom. The lowest BCUT2D eigenvalue weighted by molar-refractivity contribution is -0.933. The molecule has 3 heteroatoms. The zero-order valence-corrected chi connectivity index (χ0v) is 8.92. The number of quaternary nitrogens is 1. The summed E-state index contributed by atoms with van der Waals surface area (Å²) in [4.78, 5) is 0. The molecule has 1 fully saturated rings. The number of hydrogen-bond donors (Lipinski definition) is 0. The van der Waals surface area contributed by atoms with E-state index in [1.54, 1.807) is 7.11 Å². The number of rotatable bonds is 6. The molecule has 1 aliphatic rings. The van der Waals surface area contributed by atoms with Gasteiger partial charge in [0, 0.05) is 20.0 Å². The summed E-state index contributed by atoms with van der Waals surface area (Å²) in [6, 6.07) is 0. The number of likely N-dealkylation sites (tertiary alicyclic amines) is 1. The van der Waals surface area contributed by atoms with Gasteiger partial charge < -0.3 is 14.0 Å². The molecule has 0 aromatic heterocycles. The maximum Gasteiger partial charge on any atom is 0.183 e. The van der Waals surface area contributed by atoms with Crippen molar-refractivity contribution in [3.63, 3.8) is 0 Å². The molecule has 0 aliphatic carbocycles. The van der Waals surface area contributed by atoms with Crippen LogP contribution in [0.5, 0.6) is 0 Å². The van der Waals surface area contributed by atoms with Gasteiger partial charge in [0.15, 0.2) is 6.73 Å². The molecular formula is C10H22NO2+. The molecule has 1 saturated heterocycles. The van der Waals surface area contributed by atoms with Gasteiger partial charge in [0.2, 0.25) is 0 Å². The van der Waals surface area contributed by atoms with Gasteiger partial charge in [0.1, 0.15) is 0 Å². The normalized spacial score (nSPS) is 20.8. The van der Waals surface area contributed by atoms with Gasteiger partial charge in [-0.1, -0.05) is 0 Å². The van der Waals surface area contributed by atoms with Crippen molar-refractivity contribution in [2.45, 2.75) is 19.8 Å². The van der Waals surface area contributed by atoms with E-state index in [2.05, 4.69) is 6.92 Å². The molecule has 0 saturated carbocycles. The fraction of sp³-hybridized carbons (Fsp3) is 1.00. The molecule has 0 radical (unpaired) electrons. The average molecular weight is 188 g/mol. The van der Waals surface area contributed by atoms with Crippen LogP contribution in [0.2, 0.25) is 0 Å². The maximum absolute atomic E-state index is 5.60. The molecule has 13 heavy (non-hydrogen) atoms. The zero-order chi connectivity index (χ0) is 9.57. The Kier molecular flexibility index (Phi) is 4.70. The van der Waals surface area contributed by atoms with Gasteiger partial charge in [-0.15, -0.1) is 0 Å². The van der Waals surface area contributed by atoms with Crippen molar-refractivity contribution in [3.05, 3.63) is 0 Å². The molecule has 0 amide bonds. The highest BCUT2D eigenvalue weighted by Gasteiger charge is 2.29. The van der Waals surface area contributed by atoms with Crippen LogP contribution in [0.15, 0.2) is 0 Å². The lowest BCUT2D eigenvalue weighted by atomic mass is 10.4. The van der Waals surface area contributed by atoms with Crippen molar-refractivity contribution < 1.29 is 14.0 Å². The van der Waals surface area contributed by atoms with Crippen molar-refractivity contribution in [1.82, 2.24) is 0 Å². The third kappa shape index (κ3) is 3.25. The van der Waals surface area contributed by atoms with E-state index < -0.39 is 0 Å². The van der Waals surface area contributed by atoms with Crippen LogP contribution < -0.4 is 0 Å². The second-order valence-corrected chi connectivity index (χ2v) is 3.84. The molecule has 1 rings (SSSR count). The highest BCUT2D eigenvalue weighted by atomic mass is 16.5. The molecule has 1 heterocycles. The van der Waals surface area contributed by atoms with Gasteiger partial charge in [0.05, 0.1) is 32.8 Å². The van der Waals surface area contributed by atoms with E-state index in [0.717, 1.165) is 17.8 Å². The second-order valence-electron chi connectivity index (χ2n) is 3.84. The Labute approximate surface area is 81.2 Å². The van der Waals surface area contributed by atoms with Crippen LogP contribution >= 0.6 is 0 Å². The van der Waals surface area contributed by atoms with E-state index in [1.807, 2.05) is 0 Å². The maximum atomic E-state index is 5.60. The topological polar surface area (TPSA) is 18.5 Å². The van der Waals surface area contributed by atoms with Gasteiger partial charge in [0.25, 0.3) is 0 Å². The molecular weight excluding hydrogens is 166 g/mol. The Bertz CT molecular complexity index is 133. The Morgan fingerprint density at radius 2 is 1.85 bits per heavy atom. The van der Waals surface area contributed by atoms with Gasteiger partial charge >= 0.3 is 0 Å². The van der Waals surface area contributed by atoms with Crippen LogP contribution in [0, 0.1) is 0 Å². The largest absolute Gasteiger partial charge is 0.382 e. The van der Waals surface area contributed by atoms with E-state index in [0.29, 0.717) is 6.61 Å².